The van der Waals surface area contributed by atoms with Gasteiger partial charge in [0.1, 0.15) is 0 Å². The third-order valence-electron chi connectivity index (χ3n) is 4.48. The standard InChI is InChI=1S/C22H26O4/c1-4-18(14-16-8-6-5-7-9-16)19(22(23)24)12-10-17-11-13-20(25-2)21(15-17)26-3/h5-9,11,13,15H,4,10,12,14H2,1-3H3,(H,23,24). The monoisotopic (exact) mass is 354 g/mol. The number of hydrogen-bond donors (Lipinski definition) is 1. The zero-order chi connectivity index (χ0) is 18.9. The number of carbonyl (C=O) groups is 1. The highest BCUT2D eigenvalue weighted by Crippen LogP contribution is 2.29. The van der Waals surface area contributed by atoms with Gasteiger partial charge in [-0.1, -0.05) is 48.9 Å². The molecule has 0 atom stereocenters. The van der Waals surface area contributed by atoms with E-state index < -0.39 is 5.97 Å². The zero-order valence-electron chi connectivity index (χ0n) is 15.6. The molecule has 0 aliphatic heterocycles. The Morgan fingerprint density at radius 1 is 0.962 bits per heavy atom. The lowest BCUT2D eigenvalue weighted by Gasteiger charge is -2.13. The Morgan fingerprint density at radius 3 is 2.23 bits per heavy atom. The van der Waals surface area contributed by atoms with Crippen molar-refractivity contribution < 1.29 is 19.4 Å². The summed E-state index contributed by atoms with van der Waals surface area (Å²) in [5.41, 5.74) is 3.64. The summed E-state index contributed by atoms with van der Waals surface area (Å²) in [7, 11) is 3.19. The molecule has 1 N–H and O–H groups in total. The average molecular weight is 354 g/mol. The number of methoxy groups -OCH3 is 2. The minimum atomic E-state index is -0.835. The van der Waals surface area contributed by atoms with Crippen molar-refractivity contribution in [3.8, 4) is 11.5 Å². The van der Waals surface area contributed by atoms with E-state index in [0.29, 0.717) is 36.3 Å². The molecule has 0 heterocycles. The lowest BCUT2D eigenvalue weighted by molar-refractivity contribution is -0.132. The molecule has 2 aromatic carbocycles. The van der Waals surface area contributed by atoms with Crippen molar-refractivity contribution in [2.45, 2.75) is 32.6 Å². The van der Waals surface area contributed by atoms with E-state index in [1.807, 2.05) is 55.5 Å². The first-order valence-corrected chi connectivity index (χ1v) is 8.78. The van der Waals surface area contributed by atoms with Crippen LogP contribution in [0.3, 0.4) is 0 Å². The molecule has 4 nitrogen and oxygen atoms in total. The van der Waals surface area contributed by atoms with E-state index in [2.05, 4.69) is 0 Å². The largest absolute Gasteiger partial charge is 0.493 e. The summed E-state index contributed by atoms with van der Waals surface area (Å²) in [6, 6.07) is 15.7. The van der Waals surface area contributed by atoms with Gasteiger partial charge in [0.25, 0.3) is 0 Å². The highest BCUT2D eigenvalue weighted by atomic mass is 16.5. The molecular formula is C22H26O4. The van der Waals surface area contributed by atoms with Crippen molar-refractivity contribution in [3.63, 3.8) is 0 Å². The molecule has 0 unspecified atom stereocenters. The highest BCUT2D eigenvalue weighted by molar-refractivity contribution is 5.87. The van der Waals surface area contributed by atoms with Crippen molar-refractivity contribution in [3.05, 3.63) is 70.8 Å². The summed E-state index contributed by atoms with van der Waals surface area (Å²) < 4.78 is 10.6. The number of hydrogen-bond acceptors (Lipinski definition) is 3. The number of carboxylic acids is 1. The Hall–Kier alpha value is -2.75. The van der Waals surface area contributed by atoms with E-state index >= 15 is 0 Å². The number of carboxylic acid groups (broad SMARTS) is 1. The van der Waals surface area contributed by atoms with Gasteiger partial charge in [0.2, 0.25) is 0 Å². The van der Waals surface area contributed by atoms with Gasteiger partial charge >= 0.3 is 5.97 Å². The molecular weight excluding hydrogens is 328 g/mol. The molecule has 0 aromatic heterocycles. The first kappa shape index (κ1) is 19.6. The van der Waals surface area contributed by atoms with E-state index in [1.54, 1.807) is 14.2 Å². The maximum Gasteiger partial charge on any atom is 0.331 e. The van der Waals surface area contributed by atoms with E-state index in [0.717, 1.165) is 23.1 Å². The number of benzene rings is 2. The second kappa shape index (κ2) is 9.66. The molecule has 0 radical (unpaired) electrons. The van der Waals surface area contributed by atoms with Gasteiger partial charge < -0.3 is 14.6 Å². The van der Waals surface area contributed by atoms with Crippen LogP contribution in [-0.4, -0.2) is 25.3 Å². The number of aliphatic carboxylic acids is 1. The summed E-state index contributed by atoms with van der Waals surface area (Å²) in [6.07, 6.45) is 2.52. The Balaban J connectivity index is 2.20. The van der Waals surface area contributed by atoms with Crippen molar-refractivity contribution in [1.82, 2.24) is 0 Å². The molecule has 26 heavy (non-hydrogen) atoms. The van der Waals surface area contributed by atoms with Gasteiger partial charge in [-0.05, 0) is 48.9 Å². The quantitative estimate of drug-likeness (QED) is 0.665. The van der Waals surface area contributed by atoms with Gasteiger partial charge in [-0.15, -0.1) is 0 Å². The van der Waals surface area contributed by atoms with Gasteiger partial charge in [-0.3, -0.25) is 0 Å². The van der Waals surface area contributed by atoms with E-state index in [9.17, 15) is 9.90 Å². The van der Waals surface area contributed by atoms with E-state index in [1.165, 1.54) is 0 Å². The summed E-state index contributed by atoms with van der Waals surface area (Å²) in [5.74, 6) is 0.493. The summed E-state index contributed by atoms with van der Waals surface area (Å²) in [4.78, 5) is 11.8. The summed E-state index contributed by atoms with van der Waals surface area (Å²) in [5, 5.41) is 9.71. The number of aryl methyl sites for hydroxylation is 1. The normalized spacial score (nSPS) is 11.7. The van der Waals surface area contributed by atoms with Crippen LogP contribution in [0.25, 0.3) is 0 Å². The molecule has 2 aromatic rings. The van der Waals surface area contributed by atoms with Crippen LogP contribution in [0.1, 0.15) is 30.9 Å². The molecule has 0 amide bonds. The Labute approximate surface area is 155 Å². The molecule has 0 aliphatic carbocycles. The molecule has 0 fully saturated rings. The molecule has 0 bridgehead atoms. The van der Waals surface area contributed by atoms with Crippen molar-refractivity contribution in [2.24, 2.45) is 0 Å². The predicted octanol–water partition coefficient (Wildman–Crippen LogP) is 4.67. The Kier molecular flexibility index (Phi) is 7.27. The van der Waals surface area contributed by atoms with Crippen molar-refractivity contribution in [1.29, 1.82) is 0 Å². The molecule has 4 heteroatoms. The Morgan fingerprint density at radius 2 is 1.65 bits per heavy atom. The van der Waals surface area contributed by atoms with Gasteiger partial charge in [0.15, 0.2) is 11.5 Å². The zero-order valence-corrected chi connectivity index (χ0v) is 15.6. The molecule has 0 saturated carbocycles. The van der Waals surface area contributed by atoms with Gasteiger partial charge in [0.05, 0.1) is 14.2 Å². The van der Waals surface area contributed by atoms with Gasteiger partial charge in [-0.2, -0.15) is 0 Å². The van der Waals surface area contributed by atoms with E-state index in [4.69, 9.17) is 9.47 Å². The van der Waals surface area contributed by atoms with Crippen molar-refractivity contribution >= 4 is 5.97 Å². The topological polar surface area (TPSA) is 55.8 Å². The predicted molar refractivity (Wildman–Crippen MR) is 103 cm³/mol. The molecule has 0 saturated heterocycles. The SMILES string of the molecule is CCC(Cc1ccccc1)=C(CCc1ccc(OC)c(OC)c1)C(=O)O. The summed E-state index contributed by atoms with van der Waals surface area (Å²) >= 11 is 0. The van der Waals surface area contributed by atoms with Crippen LogP contribution in [0.2, 0.25) is 0 Å². The maximum absolute atomic E-state index is 11.8. The molecule has 0 spiro atoms. The average Bonchev–Trinajstić information content (AvgIpc) is 2.67. The molecule has 138 valence electrons. The van der Waals surface area contributed by atoms with Crippen LogP contribution < -0.4 is 9.47 Å². The fourth-order valence-corrected chi connectivity index (χ4v) is 3.03. The summed E-state index contributed by atoms with van der Waals surface area (Å²) in [6.45, 7) is 2.01. The number of allylic oxidation sites excluding steroid dienone is 1. The molecule has 2 rings (SSSR count). The van der Waals surface area contributed by atoms with E-state index in [-0.39, 0.29) is 0 Å². The van der Waals surface area contributed by atoms with Crippen LogP contribution in [0.15, 0.2) is 59.7 Å². The number of rotatable bonds is 9. The fraction of sp³-hybridized carbons (Fsp3) is 0.318. The highest BCUT2D eigenvalue weighted by Gasteiger charge is 2.15. The van der Waals surface area contributed by atoms with Crippen LogP contribution >= 0.6 is 0 Å². The smallest absolute Gasteiger partial charge is 0.331 e. The number of ether oxygens (including phenoxy) is 2. The van der Waals surface area contributed by atoms with Crippen LogP contribution in [0.5, 0.6) is 11.5 Å². The fourth-order valence-electron chi connectivity index (χ4n) is 3.03. The lowest BCUT2D eigenvalue weighted by Crippen LogP contribution is -2.08. The van der Waals surface area contributed by atoms with Crippen molar-refractivity contribution in [2.75, 3.05) is 14.2 Å². The third kappa shape index (κ3) is 5.12. The van der Waals surface area contributed by atoms with Gasteiger partial charge in [-0.25, -0.2) is 4.79 Å². The minimum Gasteiger partial charge on any atom is -0.493 e. The maximum atomic E-state index is 11.8. The Bertz CT molecular complexity index is 763. The second-order valence-electron chi connectivity index (χ2n) is 6.09. The van der Waals surface area contributed by atoms with Crippen LogP contribution in [-0.2, 0) is 17.6 Å². The van der Waals surface area contributed by atoms with Crippen LogP contribution in [0, 0.1) is 0 Å². The molecule has 0 aliphatic rings. The third-order valence-corrected chi connectivity index (χ3v) is 4.48. The minimum absolute atomic E-state index is 0.487. The second-order valence-corrected chi connectivity index (χ2v) is 6.09. The van der Waals surface area contributed by atoms with Gasteiger partial charge in [0, 0.05) is 5.57 Å². The first-order chi connectivity index (χ1) is 12.6. The van der Waals surface area contributed by atoms with Crippen LogP contribution in [0.4, 0.5) is 0 Å². The lowest BCUT2D eigenvalue weighted by atomic mass is 9.94. The first-order valence-electron chi connectivity index (χ1n) is 8.78.